The summed E-state index contributed by atoms with van der Waals surface area (Å²) in [7, 11) is 0. The van der Waals surface area contributed by atoms with Crippen molar-refractivity contribution in [1.29, 1.82) is 0 Å². The highest BCUT2D eigenvalue weighted by atomic mass is 32.2. The number of Topliss-reactive ketones (excluding diaryl/α,β-unsaturated/α-hetero) is 1. The van der Waals surface area contributed by atoms with Gasteiger partial charge in [0, 0.05) is 5.56 Å². The van der Waals surface area contributed by atoms with Gasteiger partial charge in [0.25, 0.3) is 5.56 Å². The second-order valence-corrected chi connectivity index (χ2v) is 8.98. The number of ketones is 1. The minimum Gasteiger partial charge on any atom is -0.293 e. The molecule has 5 rings (SSSR count). The zero-order valence-corrected chi connectivity index (χ0v) is 19.2. The molecular weight excluding hydrogens is 432 g/mol. The lowest BCUT2D eigenvalue weighted by atomic mass is 10.0. The van der Waals surface area contributed by atoms with E-state index in [2.05, 4.69) is 10.2 Å². The highest BCUT2D eigenvalue weighted by Crippen LogP contribution is 2.23. The van der Waals surface area contributed by atoms with E-state index in [0.717, 1.165) is 27.8 Å². The number of hydrogen-bond acceptors (Lipinski definition) is 5. The molecule has 6 nitrogen and oxygen atoms in total. The Morgan fingerprint density at radius 3 is 2.52 bits per heavy atom. The Labute approximate surface area is 194 Å². The van der Waals surface area contributed by atoms with Gasteiger partial charge in [0.2, 0.25) is 5.78 Å². The van der Waals surface area contributed by atoms with Crippen LogP contribution in [0.4, 0.5) is 0 Å². The maximum Gasteiger partial charge on any atom is 0.263 e. The van der Waals surface area contributed by atoms with Gasteiger partial charge in [0.15, 0.2) is 10.9 Å². The molecule has 0 bridgehead atoms. The molecule has 5 aromatic rings. The molecule has 2 aromatic heterocycles. The van der Waals surface area contributed by atoms with Gasteiger partial charge in [0.1, 0.15) is 0 Å². The number of rotatable bonds is 6. The van der Waals surface area contributed by atoms with Gasteiger partial charge >= 0.3 is 0 Å². The van der Waals surface area contributed by atoms with Gasteiger partial charge in [-0.3, -0.25) is 18.6 Å². The van der Waals surface area contributed by atoms with E-state index < -0.39 is 0 Å². The maximum absolute atomic E-state index is 13.3. The minimum absolute atomic E-state index is 0.0415. The molecule has 0 N–H and O–H groups in total. The number of thioether (sulfide) groups is 1. The third kappa shape index (κ3) is 3.96. The predicted molar refractivity (Wildman–Crippen MR) is 131 cm³/mol. The number of para-hydroxylation sites is 1. The Kier molecular flexibility index (Phi) is 5.56. The molecule has 0 fully saturated rings. The Hall–Kier alpha value is -3.71. The fraction of sp³-hybridized carbons (Fsp3) is 0.154. The Morgan fingerprint density at radius 1 is 0.939 bits per heavy atom. The van der Waals surface area contributed by atoms with Crippen LogP contribution in [0.2, 0.25) is 0 Å². The van der Waals surface area contributed by atoms with E-state index in [-0.39, 0.29) is 17.1 Å². The molecule has 2 heterocycles. The van der Waals surface area contributed by atoms with E-state index in [9.17, 15) is 9.59 Å². The van der Waals surface area contributed by atoms with Crippen LogP contribution >= 0.6 is 11.8 Å². The monoisotopic (exact) mass is 454 g/mol. The van der Waals surface area contributed by atoms with Crippen LogP contribution in [0, 0.1) is 13.8 Å². The summed E-state index contributed by atoms with van der Waals surface area (Å²) >= 11 is 1.33. The zero-order valence-electron chi connectivity index (χ0n) is 18.4. The molecule has 33 heavy (non-hydrogen) atoms. The molecule has 0 saturated carbocycles. The molecule has 0 unspecified atom stereocenters. The molecule has 0 aliphatic carbocycles. The first-order valence-corrected chi connectivity index (χ1v) is 11.7. The van der Waals surface area contributed by atoms with Crippen molar-refractivity contribution < 1.29 is 4.79 Å². The number of nitrogens with zero attached hydrogens (tertiary/aromatic N) is 4. The summed E-state index contributed by atoms with van der Waals surface area (Å²) in [5, 5.41) is 9.88. The maximum atomic E-state index is 13.3. The van der Waals surface area contributed by atoms with Crippen molar-refractivity contribution >= 4 is 34.2 Å². The average molecular weight is 455 g/mol. The second-order valence-electron chi connectivity index (χ2n) is 8.04. The average Bonchev–Trinajstić information content (AvgIpc) is 3.26. The van der Waals surface area contributed by atoms with Crippen LogP contribution in [-0.4, -0.2) is 30.7 Å². The third-order valence-electron chi connectivity index (χ3n) is 5.69. The Bertz CT molecular complexity index is 1550. The molecule has 0 aliphatic heterocycles. The van der Waals surface area contributed by atoms with Crippen molar-refractivity contribution in [3.05, 3.63) is 105 Å². The Morgan fingerprint density at radius 2 is 1.70 bits per heavy atom. The third-order valence-corrected chi connectivity index (χ3v) is 6.62. The first-order chi connectivity index (χ1) is 16.0. The van der Waals surface area contributed by atoms with E-state index in [1.165, 1.54) is 11.8 Å². The van der Waals surface area contributed by atoms with Crippen LogP contribution < -0.4 is 5.56 Å². The number of fused-ring (bicyclic) bond motifs is 3. The lowest BCUT2D eigenvalue weighted by molar-refractivity contribution is 0.102. The standard InChI is InChI=1S/C26H22N4O2S/c1-17-12-13-18(2)21(14-17)23(31)16-33-26-28-27-25-29(15-19-8-4-3-5-9-19)24(32)20-10-6-7-11-22(20)30(25)26/h3-14H,15-16H2,1-2H3. The number of benzene rings is 3. The lowest BCUT2D eigenvalue weighted by Crippen LogP contribution is -2.24. The van der Waals surface area contributed by atoms with Crippen LogP contribution in [0.5, 0.6) is 0 Å². The second kappa shape index (κ2) is 8.67. The van der Waals surface area contributed by atoms with Crippen LogP contribution in [0.3, 0.4) is 0 Å². The molecule has 164 valence electrons. The van der Waals surface area contributed by atoms with Crippen LogP contribution in [-0.2, 0) is 6.54 Å². The predicted octanol–water partition coefficient (Wildman–Crippen LogP) is 4.68. The molecule has 0 saturated heterocycles. The van der Waals surface area contributed by atoms with Crippen molar-refractivity contribution in [2.75, 3.05) is 5.75 Å². The molecule has 0 spiro atoms. The van der Waals surface area contributed by atoms with Gasteiger partial charge in [-0.05, 0) is 43.2 Å². The molecule has 0 atom stereocenters. The molecule has 0 radical (unpaired) electrons. The van der Waals surface area contributed by atoms with Gasteiger partial charge in [-0.25, -0.2) is 0 Å². The molecule has 0 aliphatic rings. The molecule has 7 heteroatoms. The summed E-state index contributed by atoms with van der Waals surface area (Å²) < 4.78 is 3.52. The molecule has 0 amide bonds. The van der Waals surface area contributed by atoms with Crippen LogP contribution in [0.15, 0.2) is 82.7 Å². The fourth-order valence-electron chi connectivity index (χ4n) is 3.98. The van der Waals surface area contributed by atoms with Crippen LogP contribution in [0.1, 0.15) is 27.0 Å². The zero-order chi connectivity index (χ0) is 22.9. The van der Waals surface area contributed by atoms with Crippen molar-refractivity contribution in [3.63, 3.8) is 0 Å². The minimum atomic E-state index is -0.114. The van der Waals surface area contributed by atoms with Gasteiger partial charge in [-0.2, -0.15) is 0 Å². The largest absolute Gasteiger partial charge is 0.293 e. The number of aromatic nitrogens is 4. The Balaban J connectivity index is 1.57. The number of aryl methyl sites for hydroxylation is 2. The topological polar surface area (TPSA) is 69.3 Å². The summed E-state index contributed by atoms with van der Waals surface area (Å²) in [5.74, 6) is 0.737. The smallest absolute Gasteiger partial charge is 0.263 e. The number of hydrogen-bond donors (Lipinski definition) is 0. The number of carbonyl (C=O) groups is 1. The van der Waals surface area contributed by atoms with Crippen molar-refractivity contribution in [2.24, 2.45) is 0 Å². The van der Waals surface area contributed by atoms with Crippen molar-refractivity contribution in [3.8, 4) is 0 Å². The summed E-state index contributed by atoms with van der Waals surface area (Å²) in [6, 6.07) is 23.1. The molecular formula is C26H22N4O2S. The number of carbonyl (C=O) groups excluding carboxylic acids is 1. The van der Waals surface area contributed by atoms with Gasteiger partial charge in [-0.1, -0.05) is 71.9 Å². The summed E-state index contributed by atoms with van der Waals surface area (Å²) in [6.45, 7) is 4.31. The van der Waals surface area contributed by atoms with Gasteiger partial charge in [-0.15, -0.1) is 10.2 Å². The first-order valence-electron chi connectivity index (χ1n) is 10.7. The first kappa shape index (κ1) is 21.2. The van der Waals surface area contributed by atoms with E-state index in [4.69, 9.17) is 0 Å². The van der Waals surface area contributed by atoms with E-state index >= 15 is 0 Å². The highest BCUT2D eigenvalue weighted by Gasteiger charge is 2.18. The summed E-state index contributed by atoms with van der Waals surface area (Å²) in [5.41, 5.74) is 4.35. The lowest BCUT2D eigenvalue weighted by Gasteiger charge is -2.11. The van der Waals surface area contributed by atoms with Crippen molar-refractivity contribution in [2.45, 2.75) is 25.5 Å². The van der Waals surface area contributed by atoms with E-state index in [0.29, 0.717) is 22.9 Å². The highest BCUT2D eigenvalue weighted by molar-refractivity contribution is 7.99. The quantitative estimate of drug-likeness (QED) is 0.275. The normalized spacial score (nSPS) is 11.3. The SMILES string of the molecule is Cc1ccc(C)c(C(=O)CSc2nnc3n(Cc4ccccc4)c(=O)c4ccccc4n23)c1. The molecule has 3 aromatic carbocycles. The summed E-state index contributed by atoms with van der Waals surface area (Å²) in [4.78, 5) is 26.2. The van der Waals surface area contributed by atoms with Gasteiger partial charge < -0.3 is 0 Å². The van der Waals surface area contributed by atoms with Gasteiger partial charge in [0.05, 0.1) is 23.2 Å². The van der Waals surface area contributed by atoms with E-state index in [1.807, 2.05) is 91.0 Å². The van der Waals surface area contributed by atoms with Crippen molar-refractivity contribution in [1.82, 2.24) is 19.2 Å². The van der Waals surface area contributed by atoms with E-state index in [1.54, 1.807) is 4.57 Å². The fourth-order valence-corrected chi connectivity index (χ4v) is 4.80. The van der Waals surface area contributed by atoms with Crippen LogP contribution in [0.25, 0.3) is 16.7 Å². The summed E-state index contributed by atoms with van der Waals surface area (Å²) in [6.07, 6.45) is 0.